The van der Waals surface area contributed by atoms with Crippen LogP contribution in [0.25, 0.3) is 0 Å². The number of hydrogen-bond acceptors (Lipinski definition) is 0. The van der Waals surface area contributed by atoms with Gasteiger partial charge in [-0.2, -0.15) is 0 Å². The zero-order valence-electron chi connectivity index (χ0n) is 6.75. The van der Waals surface area contributed by atoms with Gasteiger partial charge in [-0.15, -0.1) is 0 Å². The van der Waals surface area contributed by atoms with Crippen molar-refractivity contribution in [3.63, 3.8) is 0 Å². The molecule has 1 heteroatoms. The maximum atomic E-state index is 2.26. The summed E-state index contributed by atoms with van der Waals surface area (Å²) in [7, 11) is 0. The summed E-state index contributed by atoms with van der Waals surface area (Å²) in [5, 5.41) is 1.28. The van der Waals surface area contributed by atoms with Gasteiger partial charge in [0, 0.05) is 0 Å². The Balaban J connectivity index is 2.39. The van der Waals surface area contributed by atoms with Crippen molar-refractivity contribution in [1.29, 1.82) is 0 Å². The molecule has 0 aliphatic carbocycles. The zero-order chi connectivity index (χ0) is 7.94. The molecule has 58 valence electrons. The van der Waals surface area contributed by atoms with Crippen LogP contribution < -0.4 is 4.35 Å². The van der Waals surface area contributed by atoms with Gasteiger partial charge in [0.25, 0.3) is 0 Å². The Morgan fingerprint density at radius 2 is 2.00 bits per heavy atom. The Morgan fingerprint density at radius 1 is 1.27 bits per heavy atom. The predicted octanol–water partition coefficient (Wildman–Crippen LogP) is 1.74. The van der Waals surface area contributed by atoms with Crippen LogP contribution in [0.4, 0.5) is 0 Å². The normalized spacial score (nSPS) is 11.7. The van der Waals surface area contributed by atoms with E-state index in [-0.39, 0.29) is 15.8 Å². The van der Waals surface area contributed by atoms with Crippen LogP contribution in [0.15, 0.2) is 42.5 Å². The average Bonchev–Trinajstić information content (AvgIpc) is 2.07. The molecule has 0 N–H and O–H groups in total. The molecule has 1 unspecified atom stereocenters. The molecule has 1 rings (SSSR count). The van der Waals surface area contributed by atoms with E-state index in [4.69, 9.17) is 0 Å². The maximum absolute atomic E-state index is 2.26. The summed E-state index contributed by atoms with van der Waals surface area (Å²) in [6.07, 6.45) is 4.39. The average molecular weight is 208 g/mol. The quantitative estimate of drug-likeness (QED) is 0.524. The zero-order valence-corrected chi connectivity index (χ0v) is 8.85. The number of hydrogen-bond donors (Lipinski definition) is 0. The van der Waals surface area contributed by atoms with Gasteiger partial charge in [0.05, 0.1) is 0 Å². The van der Waals surface area contributed by atoms with Gasteiger partial charge in [-0.1, -0.05) is 0 Å². The standard InChI is InChI=1S/C10H13As/c1-2-3-9-11-10-7-5-4-6-8-10/h2-8,11H,9H2,1H3. The third-order valence-electron chi connectivity index (χ3n) is 1.43. The minimum atomic E-state index is 0.107. The summed E-state index contributed by atoms with van der Waals surface area (Å²) in [5.74, 6) is 0. The Kier molecular flexibility index (Phi) is 4.08. The van der Waals surface area contributed by atoms with E-state index in [1.807, 2.05) is 0 Å². The summed E-state index contributed by atoms with van der Waals surface area (Å²) >= 11 is 0.107. The van der Waals surface area contributed by atoms with Crippen molar-refractivity contribution in [2.75, 3.05) is 0 Å². The molecule has 0 aromatic heterocycles. The fourth-order valence-electron chi connectivity index (χ4n) is 0.851. The second kappa shape index (κ2) is 5.21. The van der Waals surface area contributed by atoms with Gasteiger partial charge in [-0.3, -0.25) is 0 Å². The molecular weight excluding hydrogens is 195 g/mol. The Morgan fingerprint density at radius 3 is 2.64 bits per heavy atom. The second-order valence-electron chi connectivity index (χ2n) is 2.32. The van der Waals surface area contributed by atoms with Gasteiger partial charge in [-0.25, -0.2) is 0 Å². The summed E-state index contributed by atoms with van der Waals surface area (Å²) in [6, 6.07) is 10.8. The SMILES string of the molecule is CC=CC[AsH]c1ccccc1. The van der Waals surface area contributed by atoms with Crippen LogP contribution in [-0.2, 0) is 0 Å². The molecule has 0 saturated heterocycles. The summed E-state index contributed by atoms with van der Waals surface area (Å²) in [4.78, 5) is 0. The fraction of sp³-hybridized carbons (Fsp3) is 0.200. The van der Waals surface area contributed by atoms with Gasteiger partial charge in [0.1, 0.15) is 0 Å². The third-order valence-corrected chi connectivity index (χ3v) is 3.91. The van der Waals surface area contributed by atoms with Crippen LogP contribution in [0.2, 0.25) is 5.21 Å². The van der Waals surface area contributed by atoms with Crippen molar-refractivity contribution < 1.29 is 0 Å². The van der Waals surface area contributed by atoms with E-state index in [1.54, 1.807) is 4.35 Å². The van der Waals surface area contributed by atoms with E-state index in [0.717, 1.165) is 0 Å². The molecule has 0 fully saturated rings. The van der Waals surface area contributed by atoms with Crippen molar-refractivity contribution >= 4 is 20.1 Å². The number of rotatable bonds is 3. The van der Waals surface area contributed by atoms with Crippen molar-refractivity contribution in [2.24, 2.45) is 0 Å². The molecule has 0 aliphatic rings. The summed E-state index contributed by atoms with van der Waals surface area (Å²) < 4.78 is 1.55. The molecule has 0 aliphatic heterocycles. The number of benzene rings is 1. The monoisotopic (exact) mass is 208 g/mol. The van der Waals surface area contributed by atoms with Crippen LogP contribution >= 0.6 is 0 Å². The van der Waals surface area contributed by atoms with Crippen molar-refractivity contribution in [1.82, 2.24) is 0 Å². The Bertz CT molecular complexity index is 214. The molecule has 0 amide bonds. The van der Waals surface area contributed by atoms with Crippen molar-refractivity contribution in [3.8, 4) is 0 Å². The predicted molar refractivity (Wildman–Crippen MR) is 52.8 cm³/mol. The van der Waals surface area contributed by atoms with E-state index in [1.165, 1.54) is 5.21 Å². The first kappa shape index (κ1) is 8.61. The molecule has 1 aromatic rings. The minimum absolute atomic E-state index is 0.107. The van der Waals surface area contributed by atoms with E-state index >= 15 is 0 Å². The van der Waals surface area contributed by atoms with Gasteiger partial charge in [0.15, 0.2) is 0 Å². The van der Waals surface area contributed by atoms with Crippen molar-refractivity contribution in [2.45, 2.75) is 12.1 Å². The van der Waals surface area contributed by atoms with Crippen LogP contribution in [0.3, 0.4) is 0 Å². The van der Waals surface area contributed by atoms with E-state index in [2.05, 4.69) is 49.4 Å². The van der Waals surface area contributed by atoms with Gasteiger partial charge >= 0.3 is 74.7 Å². The summed E-state index contributed by atoms with van der Waals surface area (Å²) in [6.45, 7) is 2.08. The Hall–Kier alpha value is -0.482. The molecule has 11 heavy (non-hydrogen) atoms. The van der Waals surface area contributed by atoms with Crippen LogP contribution in [0.5, 0.6) is 0 Å². The van der Waals surface area contributed by atoms with Gasteiger partial charge in [0.2, 0.25) is 0 Å². The van der Waals surface area contributed by atoms with E-state index in [9.17, 15) is 0 Å². The van der Waals surface area contributed by atoms with Crippen LogP contribution in [-0.4, -0.2) is 15.8 Å². The molecule has 1 aromatic carbocycles. The van der Waals surface area contributed by atoms with Crippen LogP contribution in [0.1, 0.15) is 6.92 Å². The molecule has 1 atom stereocenters. The van der Waals surface area contributed by atoms with Crippen LogP contribution in [0, 0.1) is 0 Å². The molecule has 0 bridgehead atoms. The van der Waals surface area contributed by atoms with Gasteiger partial charge in [-0.05, 0) is 0 Å². The molecule has 0 saturated carbocycles. The van der Waals surface area contributed by atoms with Gasteiger partial charge < -0.3 is 0 Å². The topological polar surface area (TPSA) is 0 Å². The first-order valence-corrected chi connectivity index (χ1v) is 6.37. The molecule has 0 heterocycles. The molecule has 0 nitrogen and oxygen atoms in total. The third kappa shape index (κ3) is 3.43. The second-order valence-corrected chi connectivity index (χ2v) is 5.13. The first-order valence-electron chi connectivity index (χ1n) is 3.83. The molecular formula is C10H13As. The molecule has 0 spiro atoms. The number of allylic oxidation sites excluding steroid dienone is 2. The van der Waals surface area contributed by atoms with Crippen molar-refractivity contribution in [3.05, 3.63) is 42.5 Å². The molecule has 0 radical (unpaired) electrons. The Labute approximate surface area is 75.0 Å². The van der Waals surface area contributed by atoms with E-state index < -0.39 is 0 Å². The summed E-state index contributed by atoms with van der Waals surface area (Å²) in [5.41, 5.74) is 0. The fourth-order valence-corrected chi connectivity index (χ4v) is 2.99. The van der Waals surface area contributed by atoms with E-state index in [0.29, 0.717) is 0 Å². The first-order chi connectivity index (χ1) is 5.43.